The van der Waals surface area contributed by atoms with E-state index in [2.05, 4.69) is 10.1 Å². The summed E-state index contributed by atoms with van der Waals surface area (Å²) >= 11 is 0. The lowest BCUT2D eigenvalue weighted by molar-refractivity contribution is 0.0696. The van der Waals surface area contributed by atoms with E-state index in [1.54, 1.807) is 42.5 Å². The van der Waals surface area contributed by atoms with Crippen LogP contribution in [0.1, 0.15) is 26.5 Å². The zero-order chi connectivity index (χ0) is 27.1. The van der Waals surface area contributed by atoms with Gasteiger partial charge < -0.3 is 19.0 Å². The molecule has 3 heterocycles. The van der Waals surface area contributed by atoms with Crippen molar-refractivity contribution < 1.29 is 28.6 Å². The normalized spacial score (nSPS) is 11.5. The second-order valence-corrected chi connectivity index (χ2v) is 8.57. The van der Waals surface area contributed by atoms with Gasteiger partial charge in [0.15, 0.2) is 5.76 Å². The maximum Gasteiger partial charge on any atom is 0.335 e. The first-order valence-electron chi connectivity index (χ1n) is 11.6. The summed E-state index contributed by atoms with van der Waals surface area (Å²) in [7, 11) is 0. The predicted molar refractivity (Wildman–Crippen MR) is 142 cm³/mol. The van der Waals surface area contributed by atoms with E-state index in [-0.39, 0.29) is 34.0 Å². The van der Waals surface area contributed by atoms with Crippen LogP contribution < -0.4 is 5.56 Å². The van der Waals surface area contributed by atoms with Crippen LogP contribution in [0.5, 0.6) is 0 Å². The predicted octanol–water partition coefficient (Wildman–Crippen LogP) is 5.35. The summed E-state index contributed by atoms with van der Waals surface area (Å²) in [4.78, 5) is 41.0. The Labute approximate surface area is 218 Å². The zero-order valence-corrected chi connectivity index (χ0v) is 19.9. The Morgan fingerprint density at radius 2 is 1.54 bits per heavy atom. The van der Waals surface area contributed by atoms with Crippen LogP contribution in [-0.4, -0.2) is 38.0 Å². The molecule has 0 aliphatic rings. The van der Waals surface area contributed by atoms with Gasteiger partial charge in [0.1, 0.15) is 17.1 Å². The van der Waals surface area contributed by atoms with E-state index in [0.717, 1.165) is 16.1 Å². The van der Waals surface area contributed by atoms with Crippen molar-refractivity contribution >= 4 is 40.0 Å². The molecule has 190 valence electrons. The number of rotatable bonds is 6. The first-order valence-corrected chi connectivity index (χ1v) is 11.6. The van der Waals surface area contributed by atoms with Crippen molar-refractivity contribution in [1.29, 1.82) is 0 Å². The van der Waals surface area contributed by atoms with Gasteiger partial charge in [0.2, 0.25) is 5.82 Å². The van der Waals surface area contributed by atoms with Crippen LogP contribution in [0.3, 0.4) is 0 Å². The SMILES string of the molecule is O=C(O)c1cc(C(=O)O)cc(-c2ccc(C=Nn3c(-c4cc5ccccc5o4)nc4ccccc4c3=O)o2)c1. The number of carbonyl (C=O) groups is 2. The van der Waals surface area contributed by atoms with Crippen LogP contribution in [0.15, 0.2) is 104 Å². The van der Waals surface area contributed by atoms with Gasteiger partial charge in [0.05, 0.1) is 28.2 Å². The van der Waals surface area contributed by atoms with Crippen molar-refractivity contribution in [2.24, 2.45) is 5.10 Å². The molecule has 0 radical (unpaired) electrons. The lowest BCUT2D eigenvalue weighted by Gasteiger charge is -2.06. The quantitative estimate of drug-likeness (QED) is 0.280. The Morgan fingerprint density at radius 3 is 2.28 bits per heavy atom. The smallest absolute Gasteiger partial charge is 0.335 e. The lowest BCUT2D eigenvalue weighted by Crippen LogP contribution is -2.20. The molecular weight excluding hydrogens is 502 g/mol. The highest BCUT2D eigenvalue weighted by Crippen LogP contribution is 2.28. The molecule has 0 saturated heterocycles. The average Bonchev–Trinajstić information content (AvgIpc) is 3.59. The van der Waals surface area contributed by atoms with Crippen molar-refractivity contribution in [3.63, 3.8) is 0 Å². The second-order valence-electron chi connectivity index (χ2n) is 8.57. The number of carboxylic acid groups (broad SMARTS) is 2. The molecule has 0 fully saturated rings. The molecule has 6 rings (SSSR count). The third-order valence-corrected chi connectivity index (χ3v) is 6.04. The molecular formula is C29H17N3O7. The molecule has 0 atom stereocenters. The lowest BCUT2D eigenvalue weighted by atomic mass is 10.0. The van der Waals surface area contributed by atoms with E-state index < -0.39 is 17.5 Å². The number of para-hydroxylation sites is 2. The molecule has 3 aromatic carbocycles. The molecule has 3 aromatic heterocycles. The van der Waals surface area contributed by atoms with E-state index in [1.807, 2.05) is 24.3 Å². The number of nitrogens with zero attached hydrogens (tertiary/aromatic N) is 3. The van der Waals surface area contributed by atoms with Crippen molar-refractivity contribution in [2.75, 3.05) is 0 Å². The van der Waals surface area contributed by atoms with E-state index in [9.17, 15) is 24.6 Å². The van der Waals surface area contributed by atoms with Gasteiger partial charge in [-0.25, -0.2) is 14.6 Å². The highest BCUT2D eigenvalue weighted by atomic mass is 16.4. The Bertz CT molecular complexity index is 1950. The molecule has 0 bridgehead atoms. The van der Waals surface area contributed by atoms with Gasteiger partial charge in [-0.1, -0.05) is 30.3 Å². The maximum atomic E-state index is 13.4. The third-order valence-electron chi connectivity index (χ3n) is 6.04. The van der Waals surface area contributed by atoms with Gasteiger partial charge in [-0.15, -0.1) is 0 Å². The maximum absolute atomic E-state index is 13.4. The molecule has 0 saturated carbocycles. The van der Waals surface area contributed by atoms with Crippen LogP contribution in [0, 0.1) is 0 Å². The standard InChI is InChI=1S/C29H17N3O7/c33-27-21-6-2-3-7-22(21)31-26(25-14-16-5-1-4-8-23(16)39-25)32(27)30-15-20-9-10-24(38-20)17-11-18(28(34)35)13-19(12-17)29(36)37/h1-15H,(H,34,35)(H,36,37). The fourth-order valence-electron chi connectivity index (χ4n) is 4.19. The van der Waals surface area contributed by atoms with E-state index in [0.29, 0.717) is 22.2 Å². The number of carboxylic acids is 2. The third kappa shape index (κ3) is 4.36. The minimum atomic E-state index is -1.27. The topological polar surface area (TPSA) is 148 Å². The molecule has 10 heteroatoms. The number of furan rings is 2. The minimum Gasteiger partial charge on any atom is -0.478 e. The molecule has 0 unspecified atom stereocenters. The molecule has 0 aliphatic heterocycles. The van der Waals surface area contributed by atoms with Crippen LogP contribution >= 0.6 is 0 Å². The van der Waals surface area contributed by atoms with Gasteiger partial charge >= 0.3 is 11.9 Å². The Balaban J connectivity index is 1.44. The number of hydrogen-bond acceptors (Lipinski definition) is 7. The highest BCUT2D eigenvalue weighted by Gasteiger charge is 2.17. The zero-order valence-electron chi connectivity index (χ0n) is 19.9. The number of aromatic nitrogens is 2. The van der Waals surface area contributed by atoms with Gasteiger partial charge in [0, 0.05) is 10.9 Å². The fraction of sp³-hybridized carbons (Fsp3) is 0. The monoisotopic (exact) mass is 519 g/mol. The molecule has 2 N–H and O–H groups in total. The summed E-state index contributed by atoms with van der Waals surface area (Å²) < 4.78 is 12.9. The van der Waals surface area contributed by atoms with Crippen LogP contribution in [0.4, 0.5) is 0 Å². The fourth-order valence-corrected chi connectivity index (χ4v) is 4.19. The van der Waals surface area contributed by atoms with Crippen LogP contribution in [0.25, 0.3) is 44.8 Å². The summed E-state index contributed by atoms with van der Waals surface area (Å²) in [5, 5.41) is 24.3. The van der Waals surface area contributed by atoms with Gasteiger partial charge in [-0.2, -0.15) is 9.78 Å². The summed E-state index contributed by atoms with van der Waals surface area (Å²) in [5.74, 6) is -1.54. The number of aromatic carboxylic acids is 2. The van der Waals surface area contributed by atoms with Crippen molar-refractivity contribution in [3.05, 3.63) is 112 Å². The Kier molecular flexibility index (Phi) is 5.61. The van der Waals surface area contributed by atoms with Gasteiger partial charge in [0.25, 0.3) is 5.56 Å². The van der Waals surface area contributed by atoms with Gasteiger partial charge in [-0.3, -0.25) is 4.79 Å². The highest BCUT2D eigenvalue weighted by molar-refractivity contribution is 5.96. The Morgan fingerprint density at radius 1 is 0.821 bits per heavy atom. The van der Waals surface area contributed by atoms with E-state index in [1.165, 1.54) is 18.3 Å². The average molecular weight is 519 g/mol. The largest absolute Gasteiger partial charge is 0.478 e. The summed E-state index contributed by atoms with van der Waals surface area (Å²) in [6, 6.07) is 22.9. The summed E-state index contributed by atoms with van der Waals surface area (Å²) in [5.41, 5.74) is 0.572. The first-order chi connectivity index (χ1) is 18.9. The molecule has 39 heavy (non-hydrogen) atoms. The van der Waals surface area contributed by atoms with Crippen molar-refractivity contribution in [3.8, 4) is 22.9 Å². The van der Waals surface area contributed by atoms with Gasteiger partial charge in [-0.05, 0) is 54.6 Å². The molecule has 6 aromatic rings. The molecule has 0 aliphatic carbocycles. The number of benzene rings is 3. The number of fused-ring (bicyclic) bond motifs is 2. The number of hydrogen-bond donors (Lipinski definition) is 2. The van der Waals surface area contributed by atoms with E-state index in [4.69, 9.17) is 8.83 Å². The first kappa shape index (κ1) is 23.6. The molecule has 10 nitrogen and oxygen atoms in total. The Hall–Kier alpha value is -5.77. The second kappa shape index (κ2) is 9.27. The van der Waals surface area contributed by atoms with Crippen molar-refractivity contribution in [2.45, 2.75) is 0 Å². The molecule has 0 spiro atoms. The summed E-state index contributed by atoms with van der Waals surface area (Å²) in [6.07, 6.45) is 1.31. The minimum absolute atomic E-state index is 0.193. The van der Waals surface area contributed by atoms with Crippen LogP contribution in [0.2, 0.25) is 0 Å². The van der Waals surface area contributed by atoms with Crippen molar-refractivity contribution in [1.82, 2.24) is 9.66 Å². The summed E-state index contributed by atoms with van der Waals surface area (Å²) in [6.45, 7) is 0. The molecule has 0 amide bonds. The van der Waals surface area contributed by atoms with Crippen LogP contribution in [-0.2, 0) is 0 Å². The van der Waals surface area contributed by atoms with E-state index >= 15 is 0 Å².